The number of allylic oxidation sites excluding steroid dienone is 1. The van der Waals surface area contributed by atoms with Gasteiger partial charge in [0.1, 0.15) is 17.3 Å². The second kappa shape index (κ2) is 6.28. The van der Waals surface area contributed by atoms with Crippen molar-refractivity contribution in [2.24, 2.45) is 5.92 Å². The Bertz CT molecular complexity index is 852. The molecule has 5 heteroatoms. The summed E-state index contributed by atoms with van der Waals surface area (Å²) in [6, 6.07) is 10.5. The molecule has 2 aromatic carbocycles. The van der Waals surface area contributed by atoms with Crippen molar-refractivity contribution in [2.45, 2.75) is 13.8 Å². The van der Waals surface area contributed by atoms with Gasteiger partial charge in [0.25, 0.3) is 0 Å². The van der Waals surface area contributed by atoms with E-state index in [4.69, 9.17) is 9.47 Å². The fourth-order valence-electron chi connectivity index (χ4n) is 2.21. The standard InChI is InChI=1S/C19H15FO4/c1-11(2)19(22)23-14-6-7-15-16(10-14)24-17(18(15)21)9-12-4-3-5-13(20)8-12/h3-11H,1-2H3/b17-9+. The number of ketones is 1. The van der Waals surface area contributed by atoms with Crippen molar-refractivity contribution in [3.63, 3.8) is 0 Å². The zero-order valence-electron chi connectivity index (χ0n) is 13.2. The second-order valence-corrected chi connectivity index (χ2v) is 5.73. The van der Waals surface area contributed by atoms with Gasteiger partial charge in [0, 0.05) is 6.07 Å². The third kappa shape index (κ3) is 3.20. The molecule has 24 heavy (non-hydrogen) atoms. The average molecular weight is 326 g/mol. The summed E-state index contributed by atoms with van der Waals surface area (Å²) in [6.45, 7) is 3.46. The van der Waals surface area contributed by atoms with Crippen molar-refractivity contribution in [1.29, 1.82) is 0 Å². The van der Waals surface area contributed by atoms with Gasteiger partial charge in [0.15, 0.2) is 5.76 Å². The smallest absolute Gasteiger partial charge is 0.313 e. The van der Waals surface area contributed by atoms with E-state index >= 15 is 0 Å². The van der Waals surface area contributed by atoms with Crippen molar-refractivity contribution in [3.8, 4) is 11.5 Å². The van der Waals surface area contributed by atoms with Crippen LogP contribution in [0.4, 0.5) is 4.39 Å². The lowest BCUT2D eigenvalue weighted by Gasteiger charge is -2.07. The summed E-state index contributed by atoms with van der Waals surface area (Å²) < 4.78 is 24.0. The van der Waals surface area contributed by atoms with Crippen LogP contribution in [0.1, 0.15) is 29.8 Å². The number of rotatable bonds is 3. The second-order valence-electron chi connectivity index (χ2n) is 5.73. The van der Waals surface area contributed by atoms with Crippen LogP contribution in [0.5, 0.6) is 11.5 Å². The monoisotopic (exact) mass is 326 g/mol. The Morgan fingerprint density at radius 2 is 2.00 bits per heavy atom. The largest absolute Gasteiger partial charge is 0.452 e. The summed E-state index contributed by atoms with van der Waals surface area (Å²) in [4.78, 5) is 24.0. The van der Waals surface area contributed by atoms with Gasteiger partial charge in [-0.3, -0.25) is 9.59 Å². The Morgan fingerprint density at radius 1 is 1.21 bits per heavy atom. The van der Waals surface area contributed by atoms with Gasteiger partial charge < -0.3 is 9.47 Å². The van der Waals surface area contributed by atoms with Gasteiger partial charge >= 0.3 is 5.97 Å². The van der Waals surface area contributed by atoms with Crippen LogP contribution in [0.2, 0.25) is 0 Å². The lowest BCUT2D eigenvalue weighted by molar-refractivity contribution is -0.137. The highest BCUT2D eigenvalue weighted by molar-refractivity contribution is 6.14. The number of hydrogen-bond acceptors (Lipinski definition) is 4. The molecule has 0 N–H and O–H groups in total. The molecule has 0 unspecified atom stereocenters. The molecule has 122 valence electrons. The van der Waals surface area contributed by atoms with Gasteiger partial charge in [-0.15, -0.1) is 0 Å². The van der Waals surface area contributed by atoms with E-state index in [0.29, 0.717) is 22.6 Å². The quantitative estimate of drug-likeness (QED) is 0.486. The fourth-order valence-corrected chi connectivity index (χ4v) is 2.21. The molecule has 0 bridgehead atoms. The van der Waals surface area contributed by atoms with E-state index in [1.165, 1.54) is 24.3 Å². The van der Waals surface area contributed by atoms with Crippen LogP contribution in [0, 0.1) is 11.7 Å². The molecule has 0 amide bonds. The van der Waals surface area contributed by atoms with Crippen LogP contribution in [0.25, 0.3) is 6.08 Å². The third-order valence-electron chi connectivity index (χ3n) is 3.48. The number of halogens is 1. The molecule has 0 fully saturated rings. The van der Waals surface area contributed by atoms with Crippen LogP contribution in [-0.2, 0) is 4.79 Å². The van der Waals surface area contributed by atoms with Gasteiger partial charge in [0.2, 0.25) is 5.78 Å². The molecular formula is C19H15FO4. The molecule has 4 nitrogen and oxygen atoms in total. The SMILES string of the molecule is CC(C)C(=O)Oc1ccc2c(c1)O/C(=C/c1cccc(F)c1)C2=O. The minimum Gasteiger partial charge on any atom is -0.452 e. The van der Waals surface area contributed by atoms with Crippen molar-refractivity contribution in [1.82, 2.24) is 0 Å². The molecule has 0 radical (unpaired) electrons. The fraction of sp³-hybridized carbons (Fsp3) is 0.158. The Kier molecular flexibility index (Phi) is 4.16. The van der Waals surface area contributed by atoms with E-state index in [1.807, 2.05) is 0 Å². The minimum absolute atomic E-state index is 0.0999. The zero-order valence-corrected chi connectivity index (χ0v) is 13.2. The maximum absolute atomic E-state index is 13.2. The highest BCUT2D eigenvalue weighted by Gasteiger charge is 2.28. The number of benzene rings is 2. The summed E-state index contributed by atoms with van der Waals surface area (Å²) in [5.41, 5.74) is 0.902. The van der Waals surface area contributed by atoms with Gasteiger partial charge in [-0.25, -0.2) is 4.39 Å². The molecule has 0 spiro atoms. The van der Waals surface area contributed by atoms with Gasteiger partial charge in [-0.05, 0) is 35.9 Å². The minimum atomic E-state index is -0.393. The van der Waals surface area contributed by atoms with Crippen molar-refractivity contribution < 1.29 is 23.5 Å². The van der Waals surface area contributed by atoms with Crippen molar-refractivity contribution >= 4 is 17.8 Å². The summed E-state index contributed by atoms with van der Waals surface area (Å²) in [5.74, 6) is -0.586. The molecule has 0 saturated carbocycles. The Hall–Kier alpha value is -2.95. The summed E-state index contributed by atoms with van der Waals surface area (Å²) in [7, 11) is 0. The average Bonchev–Trinajstić information content (AvgIpc) is 2.83. The molecule has 0 atom stereocenters. The Morgan fingerprint density at radius 3 is 2.71 bits per heavy atom. The highest BCUT2D eigenvalue weighted by atomic mass is 19.1. The maximum atomic E-state index is 13.2. The molecule has 0 aliphatic carbocycles. The van der Waals surface area contributed by atoms with E-state index in [2.05, 4.69) is 0 Å². The Balaban J connectivity index is 1.86. The molecule has 1 heterocycles. The van der Waals surface area contributed by atoms with Crippen LogP contribution < -0.4 is 9.47 Å². The first kappa shape index (κ1) is 15.9. The Labute approximate surface area is 138 Å². The summed E-state index contributed by atoms with van der Waals surface area (Å²) in [5, 5.41) is 0. The lowest BCUT2D eigenvalue weighted by atomic mass is 10.1. The third-order valence-corrected chi connectivity index (χ3v) is 3.48. The molecule has 2 aromatic rings. The predicted octanol–water partition coefficient (Wildman–Crippen LogP) is 4.00. The number of esters is 1. The molecule has 1 aliphatic heterocycles. The predicted molar refractivity (Wildman–Crippen MR) is 86.3 cm³/mol. The van der Waals surface area contributed by atoms with E-state index in [9.17, 15) is 14.0 Å². The van der Waals surface area contributed by atoms with Gasteiger partial charge in [-0.2, -0.15) is 0 Å². The van der Waals surface area contributed by atoms with E-state index in [-0.39, 0.29) is 23.4 Å². The van der Waals surface area contributed by atoms with Crippen LogP contribution in [0.3, 0.4) is 0 Å². The lowest BCUT2D eigenvalue weighted by Crippen LogP contribution is -2.14. The van der Waals surface area contributed by atoms with Gasteiger partial charge in [-0.1, -0.05) is 26.0 Å². The van der Waals surface area contributed by atoms with Crippen molar-refractivity contribution in [2.75, 3.05) is 0 Å². The number of carbonyl (C=O) groups excluding carboxylic acids is 2. The van der Waals surface area contributed by atoms with Crippen LogP contribution in [0.15, 0.2) is 48.2 Å². The number of Topliss-reactive ketones (excluding diaryl/α,β-unsaturated/α-hetero) is 1. The number of carbonyl (C=O) groups is 2. The van der Waals surface area contributed by atoms with E-state index < -0.39 is 5.82 Å². The zero-order chi connectivity index (χ0) is 17.3. The summed E-state index contributed by atoms with van der Waals surface area (Å²) in [6.07, 6.45) is 1.48. The van der Waals surface area contributed by atoms with Crippen LogP contribution >= 0.6 is 0 Å². The molecule has 0 saturated heterocycles. The number of fused-ring (bicyclic) bond motifs is 1. The first-order chi connectivity index (χ1) is 11.4. The molecule has 3 rings (SSSR count). The van der Waals surface area contributed by atoms with E-state index in [0.717, 1.165) is 0 Å². The maximum Gasteiger partial charge on any atom is 0.313 e. The van der Waals surface area contributed by atoms with Crippen LogP contribution in [-0.4, -0.2) is 11.8 Å². The normalized spacial score (nSPS) is 14.7. The first-order valence-electron chi connectivity index (χ1n) is 7.49. The molecule has 1 aliphatic rings. The van der Waals surface area contributed by atoms with Gasteiger partial charge in [0.05, 0.1) is 11.5 Å². The number of ether oxygens (including phenoxy) is 2. The first-order valence-corrected chi connectivity index (χ1v) is 7.49. The van der Waals surface area contributed by atoms with E-state index in [1.54, 1.807) is 38.1 Å². The summed E-state index contributed by atoms with van der Waals surface area (Å²) >= 11 is 0. The highest BCUT2D eigenvalue weighted by Crippen LogP contribution is 2.35. The topological polar surface area (TPSA) is 52.6 Å². The molecular weight excluding hydrogens is 311 g/mol. The van der Waals surface area contributed by atoms with Crippen molar-refractivity contribution in [3.05, 3.63) is 65.2 Å². The molecule has 0 aromatic heterocycles. The number of hydrogen-bond donors (Lipinski definition) is 0.